The van der Waals surface area contributed by atoms with E-state index in [-0.39, 0.29) is 13.7 Å². The van der Waals surface area contributed by atoms with Crippen molar-refractivity contribution in [1.82, 2.24) is 4.98 Å². The topological polar surface area (TPSA) is 42.1 Å². The molecule has 0 fully saturated rings. The minimum absolute atomic E-state index is 0.0284. The first-order chi connectivity index (χ1) is 6.72. The third kappa shape index (κ3) is 4.03. The van der Waals surface area contributed by atoms with Crippen LogP contribution >= 0.6 is 8.15 Å². The molecule has 0 aliphatic heterocycles. The predicted octanol–water partition coefficient (Wildman–Crippen LogP) is 1.98. The maximum Gasteiger partial charge on any atom is 0.248 e. The third-order valence-electron chi connectivity index (χ3n) is 1.90. The zero-order valence-corrected chi connectivity index (χ0v) is 9.51. The molecule has 78 valence electrons. The normalized spacial score (nSPS) is 12.7. The highest BCUT2D eigenvalue weighted by molar-refractivity contribution is 7.51. The van der Waals surface area contributed by atoms with Gasteiger partial charge in [-0.1, -0.05) is 0 Å². The molecule has 0 radical (unpaired) electrons. The van der Waals surface area contributed by atoms with Gasteiger partial charge >= 0.3 is 0 Å². The lowest BCUT2D eigenvalue weighted by molar-refractivity contribution is 0.380. The predicted molar refractivity (Wildman–Crippen MR) is 60.1 cm³/mol. The molecule has 4 heteroatoms. The molecule has 1 rings (SSSR count). The summed E-state index contributed by atoms with van der Waals surface area (Å²) in [4.78, 5) is 13.6. The molecule has 1 aromatic rings. The Bertz CT molecular complexity index is 324. The second kappa shape index (κ2) is 5.94. The maximum absolute atomic E-state index is 11.0. The number of hydrogen-bond donors (Lipinski definition) is 1. The average molecular weight is 213 g/mol. The average Bonchev–Trinajstić information content (AvgIpc) is 2.15. The van der Waals surface area contributed by atoms with Crippen LogP contribution in [0.4, 0.5) is 0 Å². The highest BCUT2D eigenvalue weighted by Gasteiger charge is 2.01. The van der Waals surface area contributed by atoms with E-state index in [1.807, 2.05) is 13.0 Å². The molecule has 1 heterocycles. The molecule has 0 aromatic carbocycles. The van der Waals surface area contributed by atoms with Gasteiger partial charge in [-0.2, -0.15) is 0 Å². The van der Waals surface area contributed by atoms with E-state index in [4.69, 9.17) is 4.52 Å². The fourth-order valence-electron chi connectivity index (χ4n) is 1.22. The van der Waals surface area contributed by atoms with Crippen molar-refractivity contribution in [2.45, 2.75) is 13.3 Å². The van der Waals surface area contributed by atoms with Crippen molar-refractivity contribution in [2.24, 2.45) is 0 Å². The SMILES string of the molecule is CCOP(C)CCc1cc[nH]c(=O)c1. The van der Waals surface area contributed by atoms with Gasteiger partial charge in [0.05, 0.1) is 0 Å². The molecular formula is C10H16NO2P. The highest BCUT2D eigenvalue weighted by atomic mass is 31.1. The summed E-state index contributed by atoms with van der Waals surface area (Å²) in [6.45, 7) is 4.90. The van der Waals surface area contributed by atoms with Gasteiger partial charge in [-0.15, -0.1) is 0 Å². The van der Waals surface area contributed by atoms with Gasteiger partial charge in [-0.25, -0.2) is 0 Å². The zero-order chi connectivity index (χ0) is 10.4. The van der Waals surface area contributed by atoms with Gasteiger partial charge in [-0.3, -0.25) is 4.79 Å². The largest absolute Gasteiger partial charge is 0.360 e. The standard InChI is InChI=1S/C10H16NO2P/c1-3-13-14(2)7-5-9-4-6-11-10(12)8-9/h4,6,8H,3,5,7H2,1-2H3,(H,11,12). The lowest BCUT2D eigenvalue weighted by atomic mass is 10.2. The van der Waals surface area contributed by atoms with Crippen molar-refractivity contribution in [2.75, 3.05) is 19.4 Å². The molecule has 1 N–H and O–H groups in total. The third-order valence-corrected chi connectivity index (χ3v) is 3.46. The van der Waals surface area contributed by atoms with Crippen LogP contribution in [0.3, 0.4) is 0 Å². The molecule has 3 nitrogen and oxygen atoms in total. The van der Waals surface area contributed by atoms with E-state index in [1.54, 1.807) is 12.3 Å². The van der Waals surface area contributed by atoms with Crippen LogP contribution in [0, 0.1) is 0 Å². The van der Waals surface area contributed by atoms with Gasteiger partial charge in [0.1, 0.15) is 0 Å². The maximum atomic E-state index is 11.0. The first kappa shape index (κ1) is 11.4. The molecule has 0 saturated heterocycles. The van der Waals surface area contributed by atoms with Crippen molar-refractivity contribution in [3.05, 3.63) is 34.2 Å². The number of hydrogen-bond acceptors (Lipinski definition) is 2. The number of nitrogens with one attached hydrogen (secondary N) is 1. The molecule has 0 aliphatic carbocycles. The second-order valence-corrected chi connectivity index (χ2v) is 5.04. The second-order valence-electron chi connectivity index (χ2n) is 3.08. The van der Waals surface area contributed by atoms with Crippen LogP contribution in [0.25, 0.3) is 0 Å². The summed E-state index contributed by atoms with van der Waals surface area (Å²) in [5, 5.41) is 0. The van der Waals surface area contributed by atoms with Gasteiger partial charge in [0.15, 0.2) is 0 Å². The van der Waals surface area contributed by atoms with E-state index in [1.165, 1.54) is 0 Å². The Morgan fingerprint density at radius 1 is 1.57 bits per heavy atom. The van der Waals surface area contributed by atoms with E-state index in [0.29, 0.717) is 0 Å². The molecule has 0 spiro atoms. The van der Waals surface area contributed by atoms with Gasteiger partial charge in [-0.05, 0) is 37.8 Å². The van der Waals surface area contributed by atoms with E-state index >= 15 is 0 Å². The van der Waals surface area contributed by atoms with E-state index in [2.05, 4.69) is 11.6 Å². The van der Waals surface area contributed by atoms with Crippen LogP contribution in [0.2, 0.25) is 0 Å². The van der Waals surface area contributed by atoms with Crippen molar-refractivity contribution >= 4 is 8.15 Å². The molecule has 0 bridgehead atoms. The van der Waals surface area contributed by atoms with Crippen LogP contribution in [-0.4, -0.2) is 24.4 Å². The van der Waals surface area contributed by atoms with Crippen LogP contribution in [-0.2, 0) is 10.9 Å². The van der Waals surface area contributed by atoms with Crippen LogP contribution in [0.15, 0.2) is 23.1 Å². The fourth-order valence-corrected chi connectivity index (χ4v) is 2.36. The number of pyridine rings is 1. The van der Waals surface area contributed by atoms with E-state index < -0.39 is 0 Å². The van der Waals surface area contributed by atoms with E-state index in [9.17, 15) is 4.79 Å². The number of aromatic nitrogens is 1. The van der Waals surface area contributed by atoms with Crippen LogP contribution < -0.4 is 5.56 Å². The van der Waals surface area contributed by atoms with Crippen molar-refractivity contribution in [3.8, 4) is 0 Å². The Balaban J connectivity index is 2.41. The summed E-state index contributed by atoms with van der Waals surface area (Å²) in [7, 11) is -0.326. The van der Waals surface area contributed by atoms with Crippen molar-refractivity contribution in [1.29, 1.82) is 0 Å². The molecule has 1 atom stereocenters. The Hall–Kier alpha value is -0.660. The van der Waals surface area contributed by atoms with E-state index in [0.717, 1.165) is 24.8 Å². The molecule has 0 aliphatic rings. The molecule has 0 saturated carbocycles. The first-order valence-corrected chi connectivity index (χ1v) is 6.63. The summed E-state index contributed by atoms with van der Waals surface area (Å²) in [5.74, 6) is 0. The smallest absolute Gasteiger partial charge is 0.248 e. The lowest BCUT2D eigenvalue weighted by Gasteiger charge is -2.10. The number of aryl methyl sites for hydroxylation is 1. The van der Waals surface area contributed by atoms with Gasteiger partial charge in [0.2, 0.25) is 5.56 Å². The first-order valence-electron chi connectivity index (χ1n) is 4.74. The number of H-pyrrole nitrogens is 1. The Labute approximate surface area is 85.3 Å². The summed E-state index contributed by atoms with van der Waals surface area (Å²) in [6.07, 6.45) is 3.63. The Kier molecular flexibility index (Phi) is 4.85. The van der Waals surface area contributed by atoms with Gasteiger partial charge in [0, 0.05) is 27.0 Å². The summed E-state index contributed by atoms with van der Waals surface area (Å²) in [6, 6.07) is 3.59. The quantitative estimate of drug-likeness (QED) is 0.760. The summed E-state index contributed by atoms with van der Waals surface area (Å²) < 4.78 is 5.47. The monoisotopic (exact) mass is 213 g/mol. The molecule has 1 aromatic heterocycles. The Morgan fingerprint density at radius 3 is 3.00 bits per heavy atom. The van der Waals surface area contributed by atoms with Gasteiger partial charge in [0.25, 0.3) is 0 Å². The minimum Gasteiger partial charge on any atom is -0.360 e. The van der Waals surface area contributed by atoms with Crippen molar-refractivity contribution in [3.63, 3.8) is 0 Å². The molecule has 14 heavy (non-hydrogen) atoms. The van der Waals surface area contributed by atoms with Crippen LogP contribution in [0.1, 0.15) is 12.5 Å². The van der Waals surface area contributed by atoms with Crippen LogP contribution in [0.5, 0.6) is 0 Å². The Morgan fingerprint density at radius 2 is 2.36 bits per heavy atom. The number of rotatable bonds is 5. The van der Waals surface area contributed by atoms with Gasteiger partial charge < -0.3 is 9.51 Å². The van der Waals surface area contributed by atoms with Crippen molar-refractivity contribution < 1.29 is 4.52 Å². The lowest BCUT2D eigenvalue weighted by Crippen LogP contribution is -2.05. The fraction of sp³-hybridized carbons (Fsp3) is 0.500. The summed E-state index contributed by atoms with van der Waals surface area (Å²) in [5.41, 5.74) is 1.06. The highest BCUT2D eigenvalue weighted by Crippen LogP contribution is 2.31. The minimum atomic E-state index is -0.326. The molecular weight excluding hydrogens is 197 g/mol. The summed E-state index contributed by atoms with van der Waals surface area (Å²) >= 11 is 0. The zero-order valence-electron chi connectivity index (χ0n) is 8.62. The molecule has 1 unspecified atom stereocenters. The number of aromatic amines is 1. The molecule has 0 amide bonds.